The van der Waals surface area contributed by atoms with E-state index >= 15 is 0 Å². The van der Waals surface area contributed by atoms with Crippen molar-refractivity contribution in [2.45, 2.75) is 20.3 Å². The summed E-state index contributed by atoms with van der Waals surface area (Å²) in [4.78, 5) is 4.30. The highest BCUT2D eigenvalue weighted by Gasteiger charge is 2.06. The summed E-state index contributed by atoms with van der Waals surface area (Å²) in [6.45, 7) is 4.73. The van der Waals surface area contributed by atoms with Crippen molar-refractivity contribution in [2.75, 3.05) is 17.7 Å². The number of rotatable bonds is 5. The summed E-state index contributed by atoms with van der Waals surface area (Å²) in [5.74, 6) is 1.46. The molecule has 0 spiro atoms. The molecule has 19 heavy (non-hydrogen) atoms. The Balaban J connectivity index is 2.22. The van der Waals surface area contributed by atoms with Gasteiger partial charge in [-0.25, -0.2) is 4.98 Å². The molecule has 1 aromatic heterocycles. The summed E-state index contributed by atoms with van der Waals surface area (Å²) in [5.41, 5.74) is 8.50. The van der Waals surface area contributed by atoms with Crippen LogP contribution in [0, 0.1) is 6.92 Å². The molecule has 0 aliphatic carbocycles. The normalized spacial score (nSPS) is 10.2. The van der Waals surface area contributed by atoms with Crippen LogP contribution in [0.2, 0.25) is 0 Å². The quantitative estimate of drug-likeness (QED) is 0.860. The third-order valence-electron chi connectivity index (χ3n) is 2.66. The molecule has 0 unspecified atom stereocenters. The van der Waals surface area contributed by atoms with Crippen molar-refractivity contribution in [3.05, 3.63) is 42.1 Å². The molecule has 1 heterocycles. The highest BCUT2D eigenvalue weighted by atomic mass is 16.5. The zero-order valence-corrected chi connectivity index (χ0v) is 11.3. The second-order valence-corrected chi connectivity index (χ2v) is 4.42. The smallest absolute Gasteiger partial charge is 0.153 e. The van der Waals surface area contributed by atoms with E-state index in [9.17, 15) is 0 Å². The molecule has 0 atom stereocenters. The van der Waals surface area contributed by atoms with Gasteiger partial charge in [-0.3, -0.25) is 0 Å². The van der Waals surface area contributed by atoms with Crippen molar-refractivity contribution in [3.63, 3.8) is 0 Å². The van der Waals surface area contributed by atoms with E-state index in [0.717, 1.165) is 23.4 Å². The predicted octanol–water partition coefficient (Wildman–Crippen LogP) is 3.50. The average Bonchev–Trinajstić information content (AvgIpc) is 2.41. The number of hydrogen-bond acceptors (Lipinski definition) is 4. The van der Waals surface area contributed by atoms with Crippen molar-refractivity contribution in [1.82, 2.24) is 4.98 Å². The number of ether oxygens (including phenoxy) is 1. The van der Waals surface area contributed by atoms with Crippen LogP contribution in [0.5, 0.6) is 5.75 Å². The van der Waals surface area contributed by atoms with E-state index in [2.05, 4.69) is 17.2 Å². The van der Waals surface area contributed by atoms with Gasteiger partial charge in [-0.15, -0.1) is 0 Å². The molecule has 0 aliphatic heterocycles. The third-order valence-corrected chi connectivity index (χ3v) is 2.66. The molecule has 0 aliphatic rings. The number of pyridine rings is 1. The lowest BCUT2D eigenvalue weighted by molar-refractivity contribution is 0.319. The maximum Gasteiger partial charge on any atom is 0.153 e. The molecule has 2 rings (SSSR count). The molecule has 0 amide bonds. The number of benzene rings is 1. The molecule has 0 saturated heterocycles. The molecule has 3 N–H and O–H groups in total. The van der Waals surface area contributed by atoms with Crippen molar-refractivity contribution >= 4 is 17.2 Å². The zero-order valence-electron chi connectivity index (χ0n) is 11.3. The fraction of sp³-hybridized carbons (Fsp3) is 0.267. The number of nitrogens with one attached hydrogen (secondary N) is 1. The number of aryl methyl sites for hydroxylation is 1. The van der Waals surface area contributed by atoms with Crippen LogP contribution >= 0.6 is 0 Å². The fourth-order valence-electron chi connectivity index (χ4n) is 1.73. The van der Waals surface area contributed by atoms with Crippen LogP contribution in [0.1, 0.15) is 18.9 Å². The van der Waals surface area contributed by atoms with Gasteiger partial charge in [0, 0.05) is 6.20 Å². The maximum atomic E-state index is 5.95. The van der Waals surface area contributed by atoms with Gasteiger partial charge in [-0.05, 0) is 37.1 Å². The van der Waals surface area contributed by atoms with E-state index in [1.807, 2.05) is 37.3 Å². The molecule has 1 aromatic carbocycles. The van der Waals surface area contributed by atoms with E-state index in [-0.39, 0.29) is 0 Å². The number of anilines is 3. The Morgan fingerprint density at radius 2 is 2.11 bits per heavy atom. The number of nitrogens with zero attached hydrogens (tertiary/aromatic N) is 1. The van der Waals surface area contributed by atoms with Gasteiger partial charge in [0.1, 0.15) is 5.75 Å². The average molecular weight is 257 g/mol. The first-order valence-corrected chi connectivity index (χ1v) is 6.41. The monoisotopic (exact) mass is 257 g/mol. The minimum absolute atomic E-state index is 0.630. The van der Waals surface area contributed by atoms with Gasteiger partial charge in [-0.2, -0.15) is 0 Å². The second kappa shape index (κ2) is 6.09. The standard InChI is InChI=1S/C15H19N3O/c1-3-8-19-14-7-5-4-6-13(14)18-15-12(16)9-11(2)10-17-15/h4-7,9-10H,3,8,16H2,1-2H3,(H,17,18). The second-order valence-electron chi connectivity index (χ2n) is 4.42. The predicted molar refractivity (Wildman–Crippen MR) is 78.9 cm³/mol. The Bertz CT molecular complexity index is 555. The van der Waals surface area contributed by atoms with E-state index in [1.165, 1.54) is 0 Å². The van der Waals surface area contributed by atoms with Crippen LogP contribution in [0.4, 0.5) is 17.2 Å². The largest absolute Gasteiger partial charge is 0.491 e. The van der Waals surface area contributed by atoms with Crippen LogP contribution in [0.25, 0.3) is 0 Å². The SMILES string of the molecule is CCCOc1ccccc1Nc1ncc(C)cc1N. The molecule has 100 valence electrons. The Morgan fingerprint density at radius 1 is 1.32 bits per heavy atom. The molecule has 0 radical (unpaired) electrons. The maximum absolute atomic E-state index is 5.95. The van der Waals surface area contributed by atoms with E-state index in [1.54, 1.807) is 6.20 Å². The lowest BCUT2D eigenvalue weighted by Gasteiger charge is -2.13. The highest BCUT2D eigenvalue weighted by molar-refractivity contribution is 5.72. The van der Waals surface area contributed by atoms with Gasteiger partial charge in [0.2, 0.25) is 0 Å². The number of nitrogen functional groups attached to an aromatic ring is 1. The van der Waals surface area contributed by atoms with Crippen molar-refractivity contribution in [1.29, 1.82) is 0 Å². The topological polar surface area (TPSA) is 60.2 Å². The highest BCUT2D eigenvalue weighted by Crippen LogP contribution is 2.29. The van der Waals surface area contributed by atoms with E-state index in [0.29, 0.717) is 18.1 Å². The fourth-order valence-corrected chi connectivity index (χ4v) is 1.73. The Labute approximate surface area is 113 Å². The lowest BCUT2D eigenvalue weighted by Crippen LogP contribution is -2.02. The van der Waals surface area contributed by atoms with Crippen LogP contribution in [0.3, 0.4) is 0 Å². The number of hydrogen-bond donors (Lipinski definition) is 2. The van der Waals surface area contributed by atoms with E-state index in [4.69, 9.17) is 10.5 Å². The van der Waals surface area contributed by atoms with Crippen molar-refractivity contribution in [3.8, 4) is 5.75 Å². The molecule has 2 aromatic rings. The van der Waals surface area contributed by atoms with E-state index < -0.39 is 0 Å². The van der Waals surface area contributed by atoms with Gasteiger partial charge < -0.3 is 15.8 Å². The van der Waals surface area contributed by atoms with Gasteiger partial charge in [0.25, 0.3) is 0 Å². The first-order chi connectivity index (χ1) is 9.20. The summed E-state index contributed by atoms with van der Waals surface area (Å²) in [7, 11) is 0. The van der Waals surface area contributed by atoms with Crippen LogP contribution in [-0.4, -0.2) is 11.6 Å². The van der Waals surface area contributed by atoms with Crippen molar-refractivity contribution in [2.24, 2.45) is 0 Å². The Hall–Kier alpha value is -2.23. The van der Waals surface area contributed by atoms with Crippen LogP contribution in [0.15, 0.2) is 36.5 Å². The number of para-hydroxylation sites is 2. The Kier molecular flexibility index (Phi) is 4.23. The first-order valence-electron chi connectivity index (χ1n) is 6.41. The molecule has 0 saturated carbocycles. The summed E-state index contributed by atoms with van der Waals surface area (Å²) in [6.07, 6.45) is 2.76. The summed E-state index contributed by atoms with van der Waals surface area (Å²) in [6, 6.07) is 9.67. The van der Waals surface area contributed by atoms with Gasteiger partial charge in [0.05, 0.1) is 18.0 Å². The summed E-state index contributed by atoms with van der Waals surface area (Å²) >= 11 is 0. The Morgan fingerprint density at radius 3 is 2.84 bits per heavy atom. The minimum Gasteiger partial charge on any atom is -0.491 e. The third kappa shape index (κ3) is 3.37. The van der Waals surface area contributed by atoms with Gasteiger partial charge in [0.15, 0.2) is 5.82 Å². The summed E-state index contributed by atoms with van der Waals surface area (Å²) in [5, 5.41) is 3.22. The summed E-state index contributed by atoms with van der Waals surface area (Å²) < 4.78 is 5.69. The van der Waals surface area contributed by atoms with Gasteiger partial charge in [-0.1, -0.05) is 19.1 Å². The molecular weight excluding hydrogens is 238 g/mol. The molecule has 4 heteroatoms. The molecule has 4 nitrogen and oxygen atoms in total. The lowest BCUT2D eigenvalue weighted by atomic mass is 10.2. The molecule has 0 bridgehead atoms. The zero-order chi connectivity index (χ0) is 13.7. The number of nitrogens with two attached hydrogens (primary N) is 1. The minimum atomic E-state index is 0.630. The molecular formula is C15H19N3O. The number of aromatic nitrogens is 1. The molecule has 0 fully saturated rings. The van der Waals surface area contributed by atoms with Crippen LogP contribution in [-0.2, 0) is 0 Å². The van der Waals surface area contributed by atoms with Gasteiger partial charge >= 0.3 is 0 Å². The first kappa shape index (κ1) is 13.2. The van der Waals surface area contributed by atoms with Crippen LogP contribution < -0.4 is 15.8 Å². The van der Waals surface area contributed by atoms with Crippen molar-refractivity contribution < 1.29 is 4.74 Å².